The van der Waals surface area contributed by atoms with E-state index in [4.69, 9.17) is 9.84 Å². The van der Waals surface area contributed by atoms with Gasteiger partial charge in [0.25, 0.3) is 5.91 Å². The van der Waals surface area contributed by atoms with Crippen LogP contribution < -0.4 is 0 Å². The minimum Gasteiger partial charge on any atom is -0.481 e. The molecule has 0 spiro atoms. The highest BCUT2D eigenvalue weighted by molar-refractivity contribution is 5.94. The molecule has 0 bridgehead atoms. The number of likely N-dealkylation sites (tertiary alicyclic amines) is 1. The number of carbonyl (C=O) groups is 2. The minimum atomic E-state index is -0.766. The summed E-state index contributed by atoms with van der Waals surface area (Å²) in [6.07, 6.45) is 2.77. The Balaban J connectivity index is 1.94. The van der Waals surface area contributed by atoms with Crippen LogP contribution in [0.15, 0.2) is 24.3 Å². The van der Waals surface area contributed by atoms with Gasteiger partial charge >= 0.3 is 5.97 Å². The monoisotopic (exact) mass is 305 g/mol. The van der Waals surface area contributed by atoms with Crippen LogP contribution in [0, 0.1) is 5.92 Å². The lowest BCUT2D eigenvalue weighted by molar-refractivity contribution is -0.137. The van der Waals surface area contributed by atoms with Crippen LogP contribution in [-0.4, -0.2) is 42.1 Å². The summed E-state index contributed by atoms with van der Waals surface area (Å²) in [6.45, 7) is 1.95. The summed E-state index contributed by atoms with van der Waals surface area (Å²) in [6, 6.07) is 7.47. The molecule has 22 heavy (non-hydrogen) atoms. The van der Waals surface area contributed by atoms with Crippen molar-refractivity contribution in [2.24, 2.45) is 5.92 Å². The molecule has 5 heteroatoms. The first kappa shape index (κ1) is 16.5. The lowest BCUT2D eigenvalue weighted by atomic mass is 9.93. The van der Waals surface area contributed by atoms with Gasteiger partial charge in [-0.2, -0.15) is 0 Å². The maximum atomic E-state index is 12.5. The molecule has 1 aliphatic heterocycles. The van der Waals surface area contributed by atoms with Crippen molar-refractivity contribution in [3.05, 3.63) is 35.4 Å². The zero-order valence-electron chi connectivity index (χ0n) is 13.0. The number of aliphatic carboxylic acids is 1. The van der Waals surface area contributed by atoms with Gasteiger partial charge in [-0.15, -0.1) is 0 Å². The standard InChI is InChI=1S/C17H23NO4/c1-22-12-14-4-7-15(8-5-14)17(21)18-10-2-3-13(11-18)6-9-16(19)20/h4-5,7-8,13H,2-3,6,9-12H2,1H3,(H,19,20)/t13-/m1/s1. The van der Waals surface area contributed by atoms with Crippen LogP contribution in [-0.2, 0) is 16.1 Å². The van der Waals surface area contributed by atoms with Crippen LogP contribution >= 0.6 is 0 Å². The fraction of sp³-hybridized carbons (Fsp3) is 0.529. The second-order valence-corrected chi connectivity index (χ2v) is 5.82. The van der Waals surface area contributed by atoms with Crippen LogP contribution in [0.25, 0.3) is 0 Å². The Bertz CT molecular complexity index is 512. The van der Waals surface area contributed by atoms with E-state index in [1.54, 1.807) is 7.11 Å². The Morgan fingerprint density at radius 1 is 1.32 bits per heavy atom. The normalized spacial score (nSPS) is 18.2. The van der Waals surface area contributed by atoms with E-state index >= 15 is 0 Å². The van der Waals surface area contributed by atoms with Gasteiger partial charge in [-0.05, 0) is 42.9 Å². The molecule has 0 unspecified atom stereocenters. The molecule has 120 valence electrons. The van der Waals surface area contributed by atoms with Gasteiger partial charge < -0.3 is 14.7 Å². The van der Waals surface area contributed by atoms with Crippen molar-refractivity contribution in [1.82, 2.24) is 4.90 Å². The number of rotatable bonds is 6. The SMILES string of the molecule is COCc1ccc(C(=O)N2CCC[C@H](CCC(=O)O)C2)cc1. The van der Waals surface area contributed by atoms with Crippen LogP contribution in [0.1, 0.15) is 41.6 Å². The van der Waals surface area contributed by atoms with Crippen LogP contribution in [0.2, 0.25) is 0 Å². The molecule has 1 saturated heterocycles. The molecule has 1 aromatic carbocycles. The molecular weight excluding hydrogens is 282 g/mol. The van der Waals surface area contributed by atoms with Gasteiger partial charge in [-0.3, -0.25) is 9.59 Å². The Morgan fingerprint density at radius 2 is 2.05 bits per heavy atom. The number of methoxy groups -OCH3 is 1. The predicted molar refractivity (Wildman–Crippen MR) is 82.7 cm³/mol. The molecule has 0 aliphatic carbocycles. The Hall–Kier alpha value is -1.88. The van der Waals surface area contributed by atoms with E-state index in [1.165, 1.54) is 0 Å². The summed E-state index contributed by atoms with van der Waals surface area (Å²) < 4.78 is 5.06. The second-order valence-electron chi connectivity index (χ2n) is 5.82. The molecule has 0 aromatic heterocycles. The van der Waals surface area contributed by atoms with Gasteiger partial charge in [0.2, 0.25) is 0 Å². The van der Waals surface area contributed by atoms with E-state index in [2.05, 4.69) is 0 Å². The van der Waals surface area contributed by atoms with Crippen molar-refractivity contribution in [2.75, 3.05) is 20.2 Å². The molecular formula is C17H23NO4. The quantitative estimate of drug-likeness (QED) is 0.877. The summed E-state index contributed by atoms with van der Waals surface area (Å²) in [4.78, 5) is 25.1. The van der Waals surface area contributed by atoms with E-state index < -0.39 is 5.97 Å². The number of nitrogens with zero attached hydrogens (tertiary/aromatic N) is 1. The van der Waals surface area contributed by atoms with Crippen molar-refractivity contribution in [1.29, 1.82) is 0 Å². The van der Waals surface area contributed by atoms with Crippen LogP contribution in [0.3, 0.4) is 0 Å². The van der Waals surface area contributed by atoms with Crippen molar-refractivity contribution >= 4 is 11.9 Å². The third-order valence-electron chi connectivity index (χ3n) is 4.08. The Kier molecular flexibility index (Phi) is 5.95. The highest BCUT2D eigenvalue weighted by Gasteiger charge is 2.24. The molecule has 1 atom stereocenters. The van der Waals surface area contributed by atoms with E-state index in [9.17, 15) is 9.59 Å². The first-order chi connectivity index (χ1) is 10.6. The molecule has 1 heterocycles. The maximum absolute atomic E-state index is 12.5. The zero-order valence-corrected chi connectivity index (χ0v) is 13.0. The topological polar surface area (TPSA) is 66.8 Å². The molecule has 0 saturated carbocycles. The van der Waals surface area contributed by atoms with E-state index in [0.29, 0.717) is 31.1 Å². The Morgan fingerprint density at radius 3 is 2.68 bits per heavy atom. The molecule has 1 aliphatic rings. The summed E-state index contributed by atoms with van der Waals surface area (Å²) in [5, 5.41) is 8.78. The average molecular weight is 305 g/mol. The van der Waals surface area contributed by atoms with Gasteiger partial charge in [0.05, 0.1) is 6.61 Å². The average Bonchev–Trinajstić information content (AvgIpc) is 2.53. The molecule has 0 radical (unpaired) electrons. The molecule has 1 aromatic rings. The summed E-state index contributed by atoms with van der Waals surface area (Å²) in [5.74, 6) is -0.442. The van der Waals surface area contributed by atoms with E-state index in [-0.39, 0.29) is 12.3 Å². The highest BCUT2D eigenvalue weighted by atomic mass is 16.5. The lowest BCUT2D eigenvalue weighted by Crippen LogP contribution is -2.40. The van der Waals surface area contributed by atoms with Gasteiger partial charge in [0.1, 0.15) is 0 Å². The lowest BCUT2D eigenvalue weighted by Gasteiger charge is -2.32. The van der Waals surface area contributed by atoms with E-state index in [1.807, 2.05) is 29.2 Å². The summed E-state index contributed by atoms with van der Waals surface area (Å²) in [7, 11) is 1.64. The van der Waals surface area contributed by atoms with Crippen molar-refractivity contribution < 1.29 is 19.4 Å². The fourth-order valence-electron chi connectivity index (χ4n) is 2.91. The zero-order chi connectivity index (χ0) is 15.9. The third-order valence-corrected chi connectivity index (χ3v) is 4.08. The Labute approximate surface area is 130 Å². The predicted octanol–water partition coefficient (Wildman–Crippen LogP) is 2.55. The van der Waals surface area contributed by atoms with Crippen molar-refractivity contribution in [3.63, 3.8) is 0 Å². The molecule has 1 N–H and O–H groups in total. The van der Waals surface area contributed by atoms with Crippen molar-refractivity contribution in [2.45, 2.75) is 32.3 Å². The number of carbonyl (C=O) groups excluding carboxylic acids is 1. The highest BCUT2D eigenvalue weighted by Crippen LogP contribution is 2.22. The molecule has 1 amide bonds. The van der Waals surface area contributed by atoms with Gasteiger partial charge in [0, 0.05) is 32.2 Å². The second kappa shape index (κ2) is 7.94. The number of amides is 1. The summed E-state index contributed by atoms with van der Waals surface area (Å²) in [5.41, 5.74) is 1.72. The van der Waals surface area contributed by atoms with Crippen LogP contribution in [0.4, 0.5) is 0 Å². The number of benzene rings is 1. The fourth-order valence-corrected chi connectivity index (χ4v) is 2.91. The van der Waals surface area contributed by atoms with Crippen molar-refractivity contribution in [3.8, 4) is 0 Å². The first-order valence-electron chi connectivity index (χ1n) is 7.69. The summed E-state index contributed by atoms with van der Waals surface area (Å²) >= 11 is 0. The minimum absolute atomic E-state index is 0.0315. The third kappa shape index (κ3) is 4.56. The largest absolute Gasteiger partial charge is 0.481 e. The number of carboxylic acids is 1. The van der Waals surface area contributed by atoms with Crippen LogP contribution in [0.5, 0.6) is 0 Å². The maximum Gasteiger partial charge on any atom is 0.303 e. The van der Waals surface area contributed by atoms with Gasteiger partial charge in [-0.25, -0.2) is 0 Å². The van der Waals surface area contributed by atoms with Gasteiger partial charge in [0.15, 0.2) is 0 Å². The smallest absolute Gasteiger partial charge is 0.303 e. The first-order valence-corrected chi connectivity index (χ1v) is 7.69. The molecule has 5 nitrogen and oxygen atoms in total. The molecule has 1 fully saturated rings. The van der Waals surface area contributed by atoms with E-state index in [0.717, 1.165) is 24.9 Å². The molecule has 2 rings (SSSR count). The number of carboxylic acid groups (broad SMARTS) is 1. The number of piperidine rings is 1. The number of hydrogen-bond acceptors (Lipinski definition) is 3. The number of ether oxygens (including phenoxy) is 1. The number of hydrogen-bond donors (Lipinski definition) is 1. The van der Waals surface area contributed by atoms with Gasteiger partial charge in [-0.1, -0.05) is 12.1 Å².